The van der Waals surface area contributed by atoms with Crippen molar-refractivity contribution in [1.29, 1.82) is 0 Å². The highest BCUT2D eigenvalue weighted by Crippen LogP contribution is 2.48. The maximum absolute atomic E-state index is 13.9. The monoisotopic (exact) mass is 407 g/mol. The van der Waals surface area contributed by atoms with Crippen molar-refractivity contribution in [2.45, 2.75) is 18.7 Å². The Labute approximate surface area is 170 Å². The van der Waals surface area contributed by atoms with Gasteiger partial charge in [-0.2, -0.15) is 5.10 Å². The Morgan fingerprint density at radius 1 is 1.03 bits per heavy atom. The number of rotatable bonds is 3. The van der Waals surface area contributed by atoms with Crippen LogP contribution in [0.2, 0.25) is 0 Å². The van der Waals surface area contributed by atoms with E-state index in [0.29, 0.717) is 23.3 Å². The molecule has 0 radical (unpaired) electrons. The number of benzene rings is 3. The highest BCUT2D eigenvalue weighted by Gasteiger charge is 2.41. The smallest absolute Gasteiger partial charge is 0.270 e. The van der Waals surface area contributed by atoms with Crippen LogP contribution in [0.15, 0.2) is 71.8 Å². The third kappa shape index (κ3) is 2.97. The number of halogens is 2. The lowest BCUT2D eigenvalue weighted by Crippen LogP contribution is -2.33. The standard InChI is InChI=1S/C22H15F2N3O3/c23-17-8-6-14(10-18(17)24)22-26-20(12-19(25-26)13-4-2-1-3-5-13)16-11-15(27(28)29)7-9-21(16)30-22/h1-11,20,22H,12H2/t20-,22+/m0/s1. The minimum Gasteiger partial charge on any atom is -0.464 e. The maximum Gasteiger partial charge on any atom is 0.270 e. The van der Waals surface area contributed by atoms with E-state index in [1.807, 2.05) is 30.3 Å². The fourth-order valence-corrected chi connectivity index (χ4v) is 3.88. The molecule has 2 aliphatic heterocycles. The van der Waals surface area contributed by atoms with Gasteiger partial charge in [0.1, 0.15) is 5.75 Å². The molecule has 3 aromatic carbocycles. The maximum atomic E-state index is 13.9. The summed E-state index contributed by atoms with van der Waals surface area (Å²) in [5.74, 6) is -1.47. The van der Waals surface area contributed by atoms with Gasteiger partial charge in [0.2, 0.25) is 6.23 Å². The van der Waals surface area contributed by atoms with Crippen LogP contribution in [-0.4, -0.2) is 15.6 Å². The first-order valence-corrected chi connectivity index (χ1v) is 9.32. The van der Waals surface area contributed by atoms with E-state index in [1.165, 1.54) is 24.3 Å². The Hall–Kier alpha value is -3.81. The lowest BCUT2D eigenvalue weighted by Gasteiger charge is -2.38. The van der Waals surface area contributed by atoms with Crippen molar-refractivity contribution in [1.82, 2.24) is 5.01 Å². The summed E-state index contributed by atoms with van der Waals surface area (Å²) in [6.07, 6.45) is -0.290. The number of hydrogen-bond donors (Lipinski definition) is 0. The van der Waals surface area contributed by atoms with Crippen molar-refractivity contribution in [3.05, 3.63) is 105 Å². The average molecular weight is 407 g/mol. The number of nitrogens with zero attached hydrogens (tertiary/aromatic N) is 3. The third-order valence-corrected chi connectivity index (χ3v) is 5.32. The molecule has 150 valence electrons. The van der Waals surface area contributed by atoms with Crippen molar-refractivity contribution in [2.24, 2.45) is 5.10 Å². The van der Waals surface area contributed by atoms with Crippen LogP contribution in [0.4, 0.5) is 14.5 Å². The molecule has 0 saturated carbocycles. The first-order chi connectivity index (χ1) is 14.5. The minimum absolute atomic E-state index is 0.0447. The Bertz CT molecular complexity index is 1180. The van der Waals surface area contributed by atoms with E-state index in [-0.39, 0.29) is 11.7 Å². The Kier molecular flexibility index (Phi) is 4.20. The fraction of sp³-hybridized carbons (Fsp3) is 0.136. The Morgan fingerprint density at radius 2 is 1.83 bits per heavy atom. The summed E-state index contributed by atoms with van der Waals surface area (Å²) in [7, 11) is 0. The minimum atomic E-state index is -0.978. The second-order valence-corrected chi connectivity index (χ2v) is 7.14. The Morgan fingerprint density at radius 3 is 2.57 bits per heavy atom. The van der Waals surface area contributed by atoms with Gasteiger partial charge in [0, 0.05) is 29.7 Å². The predicted molar refractivity (Wildman–Crippen MR) is 105 cm³/mol. The van der Waals surface area contributed by atoms with Crippen LogP contribution in [0.3, 0.4) is 0 Å². The van der Waals surface area contributed by atoms with Crippen LogP contribution in [-0.2, 0) is 0 Å². The lowest BCUT2D eigenvalue weighted by atomic mass is 9.95. The molecule has 0 saturated heterocycles. The molecule has 0 N–H and O–H groups in total. The molecule has 0 amide bonds. The number of hydrazone groups is 1. The molecule has 3 aromatic rings. The normalized spacial score (nSPS) is 19.5. The summed E-state index contributed by atoms with van der Waals surface area (Å²) in [6.45, 7) is 0. The number of nitro groups is 1. The van der Waals surface area contributed by atoms with Gasteiger partial charge in [0.05, 0.1) is 16.7 Å². The Balaban J connectivity index is 1.62. The van der Waals surface area contributed by atoms with E-state index in [2.05, 4.69) is 0 Å². The van der Waals surface area contributed by atoms with E-state index in [4.69, 9.17) is 9.84 Å². The van der Waals surface area contributed by atoms with Gasteiger partial charge in [-0.1, -0.05) is 36.4 Å². The second kappa shape index (κ2) is 6.91. The molecule has 6 nitrogen and oxygen atoms in total. The molecule has 2 heterocycles. The van der Waals surface area contributed by atoms with Crippen LogP contribution >= 0.6 is 0 Å². The first kappa shape index (κ1) is 18.2. The van der Waals surface area contributed by atoms with Gasteiger partial charge in [0.25, 0.3) is 5.69 Å². The van der Waals surface area contributed by atoms with Crippen LogP contribution in [0.25, 0.3) is 0 Å². The zero-order valence-electron chi connectivity index (χ0n) is 15.5. The molecule has 8 heteroatoms. The van der Waals surface area contributed by atoms with Gasteiger partial charge in [-0.05, 0) is 23.8 Å². The largest absolute Gasteiger partial charge is 0.464 e. The SMILES string of the molecule is O=[N+]([O-])c1ccc2c(c1)[C@@H]1CC(c3ccccc3)=NN1[C@@H](c1ccc(F)c(F)c1)O2. The van der Waals surface area contributed by atoms with Crippen molar-refractivity contribution in [2.75, 3.05) is 0 Å². The van der Waals surface area contributed by atoms with E-state index in [0.717, 1.165) is 23.4 Å². The summed E-state index contributed by atoms with van der Waals surface area (Å²) in [6, 6.07) is 17.2. The second-order valence-electron chi connectivity index (χ2n) is 7.14. The summed E-state index contributed by atoms with van der Waals surface area (Å²) >= 11 is 0. The quantitative estimate of drug-likeness (QED) is 0.447. The summed E-state index contributed by atoms with van der Waals surface area (Å²) in [4.78, 5) is 10.8. The highest BCUT2D eigenvalue weighted by atomic mass is 19.2. The van der Waals surface area contributed by atoms with Crippen LogP contribution in [0, 0.1) is 21.7 Å². The number of nitro benzene ring substituents is 1. The van der Waals surface area contributed by atoms with Crippen LogP contribution < -0.4 is 4.74 Å². The summed E-state index contributed by atoms with van der Waals surface area (Å²) in [5.41, 5.74) is 2.70. The van der Waals surface area contributed by atoms with E-state index >= 15 is 0 Å². The molecule has 0 aliphatic carbocycles. The number of ether oxygens (including phenoxy) is 1. The van der Waals surface area contributed by atoms with Gasteiger partial charge >= 0.3 is 0 Å². The molecule has 0 fully saturated rings. The van der Waals surface area contributed by atoms with Crippen molar-refractivity contribution < 1.29 is 18.4 Å². The first-order valence-electron chi connectivity index (χ1n) is 9.32. The van der Waals surface area contributed by atoms with E-state index in [9.17, 15) is 18.9 Å². The van der Waals surface area contributed by atoms with Crippen molar-refractivity contribution in [3.63, 3.8) is 0 Å². The zero-order valence-corrected chi connectivity index (χ0v) is 15.5. The highest BCUT2D eigenvalue weighted by molar-refractivity contribution is 6.01. The molecule has 2 aliphatic rings. The summed E-state index contributed by atoms with van der Waals surface area (Å²) < 4.78 is 33.4. The van der Waals surface area contributed by atoms with E-state index < -0.39 is 22.8 Å². The van der Waals surface area contributed by atoms with Crippen molar-refractivity contribution in [3.8, 4) is 5.75 Å². The van der Waals surface area contributed by atoms with Crippen LogP contribution in [0.5, 0.6) is 5.75 Å². The van der Waals surface area contributed by atoms with Gasteiger partial charge in [-0.25, -0.2) is 13.8 Å². The topological polar surface area (TPSA) is 68.0 Å². The molecular formula is C22H15F2N3O3. The van der Waals surface area contributed by atoms with Crippen molar-refractivity contribution >= 4 is 11.4 Å². The molecular weight excluding hydrogens is 392 g/mol. The molecule has 0 aromatic heterocycles. The molecule has 0 bridgehead atoms. The number of non-ortho nitro benzene ring substituents is 1. The molecule has 5 rings (SSSR count). The number of hydrogen-bond acceptors (Lipinski definition) is 5. The molecule has 30 heavy (non-hydrogen) atoms. The molecule has 0 unspecified atom stereocenters. The fourth-order valence-electron chi connectivity index (χ4n) is 3.88. The predicted octanol–water partition coefficient (Wildman–Crippen LogP) is 5.12. The summed E-state index contributed by atoms with van der Waals surface area (Å²) in [5, 5.41) is 17.6. The zero-order chi connectivity index (χ0) is 20.8. The van der Waals surface area contributed by atoms with Crippen LogP contribution in [0.1, 0.15) is 35.4 Å². The molecule has 2 atom stereocenters. The van der Waals surface area contributed by atoms with Gasteiger partial charge in [0.15, 0.2) is 11.6 Å². The lowest BCUT2D eigenvalue weighted by molar-refractivity contribution is -0.385. The van der Waals surface area contributed by atoms with E-state index in [1.54, 1.807) is 5.01 Å². The average Bonchev–Trinajstić information content (AvgIpc) is 3.21. The van der Waals surface area contributed by atoms with Gasteiger partial charge < -0.3 is 4.74 Å². The van der Waals surface area contributed by atoms with Gasteiger partial charge in [-0.3, -0.25) is 10.1 Å². The van der Waals surface area contributed by atoms with Gasteiger partial charge in [-0.15, -0.1) is 0 Å². The third-order valence-electron chi connectivity index (χ3n) is 5.32. The number of fused-ring (bicyclic) bond motifs is 3. The molecule has 0 spiro atoms.